The summed E-state index contributed by atoms with van der Waals surface area (Å²) < 4.78 is 17.0. The first kappa shape index (κ1) is 17.6. The zero-order valence-electron chi connectivity index (χ0n) is 15.2. The van der Waals surface area contributed by atoms with Crippen molar-refractivity contribution in [3.05, 3.63) is 101 Å². The van der Waals surface area contributed by atoms with Crippen molar-refractivity contribution in [3.63, 3.8) is 0 Å². The Hall–Kier alpha value is -3.45. The van der Waals surface area contributed by atoms with Crippen LogP contribution in [0.2, 0.25) is 0 Å². The average molecular weight is 402 g/mol. The molecule has 3 aromatic carbocycles. The molecule has 0 unspecified atom stereocenters. The molecule has 0 bridgehead atoms. The molecule has 0 aliphatic rings. The molecule has 0 amide bonds. The van der Waals surface area contributed by atoms with E-state index >= 15 is 0 Å². The van der Waals surface area contributed by atoms with Gasteiger partial charge in [-0.05, 0) is 42.0 Å². The molecule has 2 heterocycles. The summed E-state index contributed by atoms with van der Waals surface area (Å²) in [6, 6.07) is 23.3. The van der Waals surface area contributed by atoms with Crippen LogP contribution in [0.3, 0.4) is 0 Å². The monoisotopic (exact) mass is 402 g/mol. The largest absolute Gasteiger partial charge is 0.268 e. The van der Waals surface area contributed by atoms with Gasteiger partial charge >= 0.3 is 0 Å². The average Bonchev–Trinajstić information content (AvgIpc) is 3.17. The third-order valence-electron chi connectivity index (χ3n) is 4.67. The van der Waals surface area contributed by atoms with Crippen LogP contribution >= 0.6 is 11.8 Å². The summed E-state index contributed by atoms with van der Waals surface area (Å²) in [5, 5.41) is 9.87. The van der Waals surface area contributed by atoms with Crippen molar-refractivity contribution in [2.45, 2.75) is 10.9 Å². The molecule has 0 aliphatic heterocycles. The summed E-state index contributed by atoms with van der Waals surface area (Å²) >= 11 is 1.45. The number of hydrogen-bond acceptors (Lipinski definition) is 4. The van der Waals surface area contributed by atoms with Crippen molar-refractivity contribution < 1.29 is 4.39 Å². The van der Waals surface area contributed by atoms with Crippen molar-refractivity contribution in [2.24, 2.45) is 0 Å². The predicted molar refractivity (Wildman–Crippen MR) is 112 cm³/mol. The van der Waals surface area contributed by atoms with E-state index in [1.165, 1.54) is 23.9 Å². The third-order valence-corrected chi connectivity index (χ3v) is 5.67. The van der Waals surface area contributed by atoms with E-state index < -0.39 is 0 Å². The van der Waals surface area contributed by atoms with Crippen LogP contribution in [-0.2, 0) is 5.75 Å². The third kappa shape index (κ3) is 3.09. The summed E-state index contributed by atoms with van der Waals surface area (Å²) in [6.45, 7) is 0. The highest BCUT2D eigenvalue weighted by molar-refractivity contribution is 7.98. The first-order valence-corrected chi connectivity index (χ1v) is 10.0. The van der Waals surface area contributed by atoms with Crippen LogP contribution in [0, 0.1) is 5.82 Å². The highest BCUT2D eigenvalue weighted by atomic mass is 32.2. The number of benzene rings is 3. The summed E-state index contributed by atoms with van der Waals surface area (Å²) in [5.41, 5.74) is 2.18. The van der Waals surface area contributed by atoms with Gasteiger partial charge in [0.1, 0.15) is 5.82 Å². The lowest BCUT2D eigenvalue weighted by Gasteiger charge is -2.11. The minimum atomic E-state index is -0.266. The normalized spacial score (nSPS) is 11.3. The molecular weight excluding hydrogens is 387 g/mol. The molecule has 5 nitrogen and oxygen atoms in total. The van der Waals surface area contributed by atoms with Crippen molar-refractivity contribution in [1.82, 2.24) is 19.2 Å². The Morgan fingerprint density at radius 2 is 1.69 bits per heavy atom. The van der Waals surface area contributed by atoms with E-state index in [-0.39, 0.29) is 11.4 Å². The van der Waals surface area contributed by atoms with Crippen molar-refractivity contribution in [1.29, 1.82) is 0 Å². The molecule has 0 fully saturated rings. The van der Waals surface area contributed by atoms with E-state index in [0.29, 0.717) is 22.1 Å². The summed E-state index contributed by atoms with van der Waals surface area (Å²) in [5.74, 6) is 0.719. The maximum Gasteiger partial charge on any atom is 0.267 e. The molecule has 29 heavy (non-hydrogen) atoms. The van der Waals surface area contributed by atoms with Crippen LogP contribution in [-0.4, -0.2) is 19.2 Å². The van der Waals surface area contributed by atoms with Gasteiger partial charge in [0.25, 0.3) is 5.56 Å². The van der Waals surface area contributed by atoms with Crippen LogP contribution in [0.4, 0.5) is 4.39 Å². The topological polar surface area (TPSA) is 52.2 Å². The Balaban J connectivity index is 1.71. The minimum absolute atomic E-state index is 0.145. The van der Waals surface area contributed by atoms with Gasteiger partial charge in [-0.1, -0.05) is 54.2 Å². The first-order chi connectivity index (χ1) is 14.2. The Morgan fingerprint density at radius 1 is 0.897 bits per heavy atom. The number of nitrogens with zero attached hydrogens (tertiary/aromatic N) is 4. The zero-order chi connectivity index (χ0) is 19.8. The number of rotatable bonds is 4. The quantitative estimate of drug-likeness (QED) is 0.417. The fraction of sp³-hybridized carbons (Fsp3) is 0.0455. The highest BCUT2D eigenvalue weighted by Gasteiger charge is 2.17. The number of aromatic nitrogens is 4. The van der Waals surface area contributed by atoms with Gasteiger partial charge in [0.15, 0.2) is 5.16 Å². The number of hydrogen-bond donors (Lipinski definition) is 0. The maximum absolute atomic E-state index is 13.5. The van der Waals surface area contributed by atoms with Gasteiger partial charge < -0.3 is 0 Å². The van der Waals surface area contributed by atoms with Crippen LogP contribution in [0.5, 0.6) is 0 Å². The van der Waals surface area contributed by atoms with E-state index in [1.54, 1.807) is 16.7 Å². The van der Waals surface area contributed by atoms with Gasteiger partial charge in [0.05, 0.1) is 16.6 Å². The molecule has 5 aromatic rings. The molecule has 0 saturated heterocycles. The van der Waals surface area contributed by atoms with Crippen LogP contribution in [0.25, 0.3) is 22.4 Å². The summed E-state index contributed by atoms with van der Waals surface area (Å²) in [7, 11) is 0. The van der Waals surface area contributed by atoms with Crippen molar-refractivity contribution >= 4 is 28.4 Å². The molecule has 2 aromatic heterocycles. The standard InChI is InChI=1S/C22H15FN4OS/c23-16-8-6-7-15(13-16)14-29-22-25-24-21-26(17-9-2-1-3-10-17)20(28)18-11-4-5-12-19(18)27(21)22/h1-13H,14H2. The maximum atomic E-state index is 13.5. The summed E-state index contributed by atoms with van der Waals surface area (Å²) in [6.07, 6.45) is 0. The van der Waals surface area contributed by atoms with E-state index in [0.717, 1.165) is 16.8 Å². The molecule has 0 spiro atoms. The number of halogens is 1. The van der Waals surface area contributed by atoms with Crippen LogP contribution in [0.1, 0.15) is 5.56 Å². The van der Waals surface area contributed by atoms with Gasteiger partial charge in [0.2, 0.25) is 5.78 Å². The second kappa shape index (κ2) is 7.18. The number of fused-ring (bicyclic) bond motifs is 3. The van der Waals surface area contributed by atoms with E-state index in [4.69, 9.17) is 0 Å². The molecule has 142 valence electrons. The second-order valence-corrected chi connectivity index (χ2v) is 7.47. The first-order valence-electron chi connectivity index (χ1n) is 9.04. The van der Waals surface area contributed by atoms with Gasteiger partial charge in [0, 0.05) is 5.75 Å². The lowest BCUT2D eigenvalue weighted by atomic mass is 10.2. The molecule has 0 N–H and O–H groups in total. The lowest BCUT2D eigenvalue weighted by molar-refractivity contribution is 0.626. The predicted octanol–water partition coefficient (Wildman–Crippen LogP) is 4.46. The van der Waals surface area contributed by atoms with E-state index in [1.807, 2.05) is 59.0 Å². The minimum Gasteiger partial charge on any atom is -0.268 e. The highest BCUT2D eigenvalue weighted by Crippen LogP contribution is 2.25. The van der Waals surface area contributed by atoms with E-state index in [9.17, 15) is 9.18 Å². The molecule has 0 saturated carbocycles. The molecular formula is C22H15FN4OS. The van der Waals surface area contributed by atoms with Gasteiger partial charge in [-0.25, -0.2) is 8.96 Å². The fourth-order valence-electron chi connectivity index (χ4n) is 3.36. The Morgan fingerprint density at radius 3 is 2.52 bits per heavy atom. The SMILES string of the molecule is O=c1c2ccccc2n2c(SCc3cccc(F)c3)nnc2n1-c1ccccc1. The second-order valence-electron chi connectivity index (χ2n) is 6.53. The fourth-order valence-corrected chi connectivity index (χ4v) is 4.24. The summed E-state index contributed by atoms with van der Waals surface area (Å²) in [4.78, 5) is 13.2. The number of para-hydroxylation sites is 2. The lowest BCUT2D eigenvalue weighted by Crippen LogP contribution is -2.21. The molecule has 0 atom stereocenters. The van der Waals surface area contributed by atoms with Crippen LogP contribution < -0.4 is 5.56 Å². The zero-order valence-corrected chi connectivity index (χ0v) is 16.0. The Labute approximate surface area is 169 Å². The smallest absolute Gasteiger partial charge is 0.267 e. The number of thioether (sulfide) groups is 1. The van der Waals surface area contributed by atoms with E-state index in [2.05, 4.69) is 10.2 Å². The van der Waals surface area contributed by atoms with Gasteiger partial charge in [-0.2, -0.15) is 0 Å². The molecule has 5 rings (SSSR count). The van der Waals surface area contributed by atoms with Crippen molar-refractivity contribution in [2.75, 3.05) is 0 Å². The van der Waals surface area contributed by atoms with Gasteiger partial charge in [-0.15, -0.1) is 10.2 Å². The molecule has 0 radical (unpaired) electrons. The van der Waals surface area contributed by atoms with Crippen molar-refractivity contribution in [3.8, 4) is 5.69 Å². The molecule has 0 aliphatic carbocycles. The van der Waals surface area contributed by atoms with Crippen LogP contribution in [0.15, 0.2) is 88.8 Å². The van der Waals surface area contributed by atoms with Gasteiger partial charge in [-0.3, -0.25) is 9.20 Å². The Bertz CT molecular complexity index is 1390. The molecule has 7 heteroatoms. The Kier molecular flexibility index (Phi) is 4.37.